The molecule has 0 aromatic heterocycles. The minimum atomic E-state index is -0.840. The van der Waals surface area contributed by atoms with Crippen LogP contribution in [0.3, 0.4) is 0 Å². The summed E-state index contributed by atoms with van der Waals surface area (Å²) in [4.78, 5) is 24.5. The summed E-state index contributed by atoms with van der Waals surface area (Å²) in [6.45, 7) is 4.91. The normalized spacial score (nSPS) is 12.7. The summed E-state index contributed by atoms with van der Waals surface area (Å²) >= 11 is 0. The number of hydrogen-bond acceptors (Lipinski definition) is 5. The third-order valence-electron chi connectivity index (χ3n) is 15.2. The van der Waals surface area contributed by atoms with Gasteiger partial charge < -0.3 is 20.3 Å². The molecule has 0 aliphatic rings. The molecule has 0 bridgehead atoms. The number of amides is 1. The highest BCUT2D eigenvalue weighted by Gasteiger charge is 2.18. The first kappa shape index (κ1) is 70.3. The molecular formula is C66H127NO5. The van der Waals surface area contributed by atoms with Crippen LogP contribution in [0.4, 0.5) is 0 Å². The second-order valence-corrected chi connectivity index (χ2v) is 22.5. The van der Waals surface area contributed by atoms with Crippen molar-refractivity contribution in [3.8, 4) is 0 Å². The molecular weight excluding hydrogens is 887 g/mol. The first-order valence-corrected chi connectivity index (χ1v) is 32.6. The molecule has 0 radical (unpaired) electrons. The Kier molecular flexibility index (Phi) is 60.5. The summed E-state index contributed by atoms with van der Waals surface area (Å²) in [5.41, 5.74) is 0. The van der Waals surface area contributed by atoms with Gasteiger partial charge in [0.05, 0.1) is 25.4 Å². The van der Waals surface area contributed by atoms with Crippen molar-refractivity contribution in [3.63, 3.8) is 0 Å². The minimum absolute atomic E-state index is 0.0199. The standard InChI is InChI=1S/C66H127NO5/c1-3-5-7-9-11-13-15-16-37-40-44-48-52-56-60-66(71)72-61-57-53-49-45-41-38-35-33-31-29-27-25-23-21-19-17-18-20-22-24-26-28-30-32-34-36-39-43-47-51-55-59-65(70)67-63(62-68)64(69)58-54-50-46-42-14-12-10-8-6-4-2/h19,21,54,58,63-64,68-69H,3-18,20,22-53,55-57,59-62H2,1-2H3,(H,67,70)/b21-19-,58-54+. The van der Waals surface area contributed by atoms with Gasteiger partial charge in [-0.1, -0.05) is 314 Å². The van der Waals surface area contributed by atoms with Crippen LogP contribution in [0.5, 0.6) is 0 Å². The van der Waals surface area contributed by atoms with Gasteiger partial charge >= 0.3 is 5.97 Å². The zero-order valence-corrected chi connectivity index (χ0v) is 48.7. The zero-order valence-electron chi connectivity index (χ0n) is 48.7. The molecule has 0 heterocycles. The third-order valence-corrected chi connectivity index (χ3v) is 15.2. The van der Waals surface area contributed by atoms with E-state index in [1.165, 1.54) is 295 Å². The van der Waals surface area contributed by atoms with Crippen LogP contribution < -0.4 is 5.32 Å². The Morgan fingerprint density at radius 2 is 0.653 bits per heavy atom. The van der Waals surface area contributed by atoms with E-state index in [2.05, 4.69) is 31.3 Å². The Balaban J connectivity index is 3.34. The van der Waals surface area contributed by atoms with E-state index < -0.39 is 12.1 Å². The Hall–Kier alpha value is -1.66. The van der Waals surface area contributed by atoms with Crippen molar-refractivity contribution in [2.45, 2.75) is 373 Å². The van der Waals surface area contributed by atoms with Crippen LogP contribution in [0.25, 0.3) is 0 Å². The molecule has 0 spiro atoms. The number of hydrogen-bond donors (Lipinski definition) is 3. The molecule has 0 aromatic carbocycles. The van der Waals surface area contributed by atoms with Crippen LogP contribution in [-0.4, -0.2) is 47.4 Å². The number of rotatable bonds is 61. The fourth-order valence-corrected chi connectivity index (χ4v) is 10.2. The highest BCUT2D eigenvalue weighted by molar-refractivity contribution is 5.76. The van der Waals surface area contributed by atoms with Gasteiger partial charge in [0.15, 0.2) is 0 Å². The van der Waals surface area contributed by atoms with Crippen molar-refractivity contribution in [1.82, 2.24) is 5.32 Å². The summed E-state index contributed by atoms with van der Waals surface area (Å²) in [6.07, 6.45) is 76.8. The lowest BCUT2D eigenvalue weighted by molar-refractivity contribution is -0.143. The van der Waals surface area contributed by atoms with Crippen molar-refractivity contribution >= 4 is 11.9 Å². The van der Waals surface area contributed by atoms with E-state index in [-0.39, 0.29) is 18.5 Å². The average Bonchev–Trinajstić information content (AvgIpc) is 3.38. The van der Waals surface area contributed by atoms with Gasteiger partial charge in [0.1, 0.15) is 0 Å². The van der Waals surface area contributed by atoms with Crippen molar-refractivity contribution in [1.29, 1.82) is 0 Å². The predicted molar refractivity (Wildman–Crippen MR) is 315 cm³/mol. The monoisotopic (exact) mass is 1010 g/mol. The van der Waals surface area contributed by atoms with Crippen molar-refractivity contribution in [2.24, 2.45) is 0 Å². The molecule has 0 fully saturated rings. The van der Waals surface area contributed by atoms with Crippen LogP contribution in [0, 0.1) is 0 Å². The number of aliphatic hydroxyl groups is 2. The van der Waals surface area contributed by atoms with Gasteiger partial charge in [-0.25, -0.2) is 0 Å². The maximum Gasteiger partial charge on any atom is 0.305 e. The molecule has 2 atom stereocenters. The predicted octanol–water partition coefficient (Wildman–Crippen LogP) is 20.6. The first-order valence-electron chi connectivity index (χ1n) is 32.6. The van der Waals surface area contributed by atoms with E-state index in [1.54, 1.807) is 6.08 Å². The highest BCUT2D eigenvalue weighted by Crippen LogP contribution is 2.18. The van der Waals surface area contributed by atoms with Gasteiger partial charge in [0.25, 0.3) is 0 Å². The number of unbranched alkanes of at least 4 members (excludes halogenated alkanes) is 48. The topological polar surface area (TPSA) is 95.9 Å². The van der Waals surface area contributed by atoms with E-state index in [1.807, 2.05) is 6.08 Å². The zero-order chi connectivity index (χ0) is 52.2. The van der Waals surface area contributed by atoms with E-state index in [9.17, 15) is 19.8 Å². The van der Waals surface area contributed by atoms with E-state index >= 15 is 0 Å². The molecule has 426 valence electrons. The second-order valence-electron chi connectivity index (χ2n) is 22.5. The van der Waals surface area contributed by atoms with Crippen LogP contribution in [-0.2, 0) is 14.3 Å². The molecule has 2 unspecified atom stereocenters. The Bertz CT molecular complexity index is 1120. The molecule has 0 saturated heterocycles. The molecule has 72 heavy (non-hydrogen) atoms. The minimum Gasteiger partial charge on any atom is -0.466 e. The largest absolute Gasteiger partial charge is 0.466 e. The maximum atomic E-state index is 12.4. The average molecular weight is 1010 g/mol. The highest BCUT2D eigenvalue weighted by atomic mass is 16.5. The van der Waals surface area contributed by atoms with Crippen LogP contribution in [0.15, 0.2) is 24.3 Å². The summed E-state index contributed by atoms with van der Waals surface area (Å²) in [5, 5.41) is 23.0. The number of allylic oxidation sites excluding steroid dienone is 3. The maximum absolute atomic E-state index is 12.4. The van der Waals surface area contributed by atoms with Crippen molar-refractivity contribution < 1.29 is 24.5 Å². The van der Waals surface area contributed by atoms with E-state index in [4.69, 9.17) is 4.74 Å². The molecule has 1 amide bonds. The number of esters is 1. The molecule has 0 aromatic rings. The molecule has 0 aliphatic carbocycles. The van der Waals surface area contributed by atoms with E-state index in [0.717, 1.165) is 38.5 Å². The van der Waals surface area contributed by atoms with Crippen molar-refractivity contribution in [3.05, 3.63) is 24.3 Å². The van der Waals surface area contributed by atoms with Gasteiger partial charge in [-0.2, -0.15) is 0 Å². The van der Waals surface area contributed by atoms with Gasteiger partial charge in [-0.15, -0.1) is 0 Å². The molecule has 0 aliphatic heterocycles. The molecule has 0 saturated carbocycles. The lowest BCUT2D eigenvalue weighted by atomic mass is 10.0. The lowest BCUT2D eigenvalue weighted by Gasteiger charge is -2.20. The van der Waals surface area contributed by atoms with Crippen LogP contribution in [0.2, 0.25) is 0 Å². The lowest BCUT2D eigenvalue weighted by Crippen LogP contribution is -2.45. The van der Waals surface area contributed by atoms with E-state index in [0.29, 0.717) is 19.4 Å². The Labute approximate surface area is 450 Å². The van der Waals surface area contributed by atoms with Crippen LogP contribution in [0.1, 0.15) is 361 Å². The second kappa shape index (κ2) is 61.9. The molecule has 0 rings (SSSR count). The summed E-state index contributed by atoms with van der Waals surface area (Å²) in [7, 11) is 0. The van der Waals surface area contributed by atoms with Gasteiger partial charge in [0.2, 0.25) is 5.91 Å². The third kappa shape index (κ3) is 57.6. The molecule has 6 nitrogen and oxygen atoms in total. The van der Waals surface area contributed by atoms with Gasteiger partial charge in [-0.05, 0) is 57.8 Å². The van der Waals surface area contributed by atoms with Gasteiger partial charge in [-0.3, -0.25) is 9.59 Å². The SMILES string of the molecule is CCCCCCCCCC/C=C/C(O)C(CO)NC(=O)CCCCCCCCCCCCCCCCC/C=C\CCCCCCCCCCCCCCOC(=O)CCCCCCCCCCCCCCCC. The number of carbonyl (C=O) groups is 2. The van der Waals surface area contributed by atoms with Crippen molar-refractivity contribution in [2.75, 3.05) is 13.2 Å². The van der Waals surface area contributed by atoms with Gasteiger partial charge in [0, 0.05) is 12.8 Å². The number of carbonyl (C=O) groups excluding carboxylic acids is 2. The smallest absolute Gasteiger partial charge is 0.305 e. The Morgan fingerprint density at radius 3 is 0.986 bits per heavy atom. The van der Waals surface area contributed by atoms with Crippen LogP contribution >= 0.6 is 0 Å². The summed E-state index contributed by atoms with van der Waals surface area (Å²) in [5.74, 6) is -0.0467. The molecule has 3 N–H and O–H groups in total. The number of ether oxygens (including phenoxy) is 1. The number of aliphatic hydroxyl groups excluding tert-OH is 2. The first-order chi connectivity index (χ1) is 35.5. The summed E-state index contributed by atoms with van der Waals surface area (Å²) < 4.78 is 5.49. The number of nitrogens with one attached hydrogen (secondary N) is 1. The fourth-order valence-electron chi connectivity index (χ4n) is 10.2. The summed E-state index contributed by atoms with van der Waals surface area (Å²) in [6, 6.07) is -0.624. The molecule has 6 heteroatoms. The fraction of sp³-hybridized carbons (Fsp3) is 0.909. The Morgan fingerprint density at radius 1 is 0.375 bits per heavy atom. The quantitative estimate of drug-likeness (QED) is 0.0320.